The van der Waals surface area contributed by atoms with E-state index in [1.54, 1.807) is 54.6 Å². The molecule has 0 aliphatic rings. The Hall–Kier alpha value is -2.33. The van der Waals surface area contributed by atoms with Crippen LogP contribution >= 0.6 is 11.6 Å². The van der Waals surface area contributed by atoms with Crippen molar-refractivity contribution in [3.8, 4) is 0 Å². The molecular formula is C15H13ClO4. The van der Waals surface area contributed by atoms with E-state index in [9.17, 15) is 9.59 Å². The number of aliphatic carboxylic acids is 1. The fraction of sp³-hybridized carbons (Fsp3) is 0.0667. The van der Waals surface area contributed by atoms with E-state index in [1.807, 2.05) is 0 Å². The molecule has 0 saturated heterocycles. The predicted molar refractivity (Wildman–Crippen MR) is 76.2 cm³/mol. The van der Waals surface area contributed by atoms with Crippen LogP contribution in [0, 0.1) is 0 Å². The minimum absolute atomic E-state index is 0.0527. The second-order valence-electron chi connectivity index (χ2n) is 3.87. The molecule has 0 aliphatic heterocycles. The molecule has 0 amide bonds. The number of carbonyl (C=O) groups is 2. The molecule has 2 rings (SSSR count). The van der Waals surface area contributed by atoms with Crippen LogP contribution in [0.4, 0.5) is 0 Å². The van der Waals surface area contributed by atoms with Crippen LogP contribution in [0.1, 0.15) is 15.9 Å². The number of aromatic carboxylic acids is 1. The maximum absolute atomic E-state index is 10.2. The lowest BCUT2D eigenvalue weighted by molar-refractivity contribution is -0.136. The Kier molecular flexibility index (Phi) is 6.26. The summed E-state index contributed by atoms with van der Waals surface area (Å²) in [6.45, 7) is 0. The van der Waals surface area contributed by atoms with Gasteiger partial charge in [0, 0.05) is 5.02 Å². The van der Waals surface area contributed by atoms with Gasteiger partial charge in [0.25, 0.3) is 0 Å². The van der Waals surface area contributed by atoms with Crippen LogP contribution in [-0.4, -0.2) is 22.2 Å². The van der Waals surface area contributed by atoms with Crippen LogP contribution in [0.15, 0.2) is 54.6 Å². The first kappa shape index (κ1) is 15.7. The quantitative estimate of drug-likeness (QED) is 0.909. The summed E-state index contributed by atoms with van der Waals surface area (Å²) in [7, 11) is 0. The Morgan fingerprint density at radius 2 is 1.45 bits per heavy atom. The third-order valence-electron chi connectivity index (χ3n) is 2.29. The molecule has 104 valence electrons. The van der Waals surface area contributed by atoms with Crippen molar-refractivity contribution in [3.05, 3.63) is 70.7 Å². The van der Waals surface area contributed by atoms with Gasteiger partial charge in [0.15, 0.2) is 0 Å². The van der Waals surface area contributed by atoms with Crippen LogP contribution in [0.2, 0.25) is 5.02 Å². The van der Waals surface area contributed by atoms with Crippen molar-refractivity contribution in [1.29, 1.82) is 0 Å². The van der Waals surface area contributed by atoms with Crippen molar-refractivity contribution in [3.63, 3.8) is 0 Å². The third kappa shape index (κ3) is 6.02. The predicted octanol–water partition coefficient (Wildman–Crippen LogP) is 3.35. The molecule has 0 bridgehead atoms. The topological polar surface area (TPSA) is 74.6 Å². The molecule has 0 fully saturated rings. The Bertz CT molecular complexity index is 564. The molecule has 0 unspecified atom stereocenters. The first-order chi connectivity index (χ1) is 9.49. The zero-order chi connectivity index (χ0) is 15.0. The first-order valence-electron chi connectivity index (χ1n) is 5.73. The molecule has 0 aliphatic carbocycles. The molecule has 0 heterocycles. The number of benzene rings is 2. The highest BCUT2D eigenvalue weighted by Gasteiger charge is 1.98. The normalized spacial score (nSPS) is 9.25. The standard InChI is InChI=1S/C8H7ClO2.C7H6O2/c9-7-3-1-6(2-4-7)5-8(10)11;8-7(9)6-4-2-1-3-5-6/h1-4H,5H2,(H,10,11);1-5H,(H,8,9). The smallest absolute Gasteiger partial charge is 0.335 e. The number of carboxylic acids is 2. The van der Waals surface area contributed by atoms with Crippen molar-refractivity contribution < 1.29 is 19.8 Å². The van der Waals surface area contributed by atoms with Crippen LogP contribution in [0.5, 0.6) is 0 Å². The summed E-state index contributed by atoms with van der Waals surface area (Å²) in [6.07, 6.45) is 0.0527. The van der Waals surface area contributed by atoms with Gasteiger partial charge in [-0.05, 0) is 29.8 Å². The number of hydrogen-bond donors (Lipinski definition) is 2. The maximum Gasteiger partial charge on any atom is 0.335 e. The third-order valence-corrected chi connectivity index (χ3v) is 2.54. The van der Waals surface area contributed by atoms with E-state index in [4.69, 9.17) is 21.8 Å². The summed E-state index contributed by atoms with van der Waals surface area (Å²) in [5, 5.41) is 17.4. The van der Waals surface area contributed by atoms with E-state index >= 15 is 0 Å². The van der Waals surface area contributed by atoms with E-state index in [0.29, 0.717) is 10.6 Å². The van der Waals surface area contributed by atoms with Gasteiger partial charge in [-0.3, -0.25) is 4.79 Å². The number of hydrogen-bond acceptors (Lipinski definition) is 2. The second-order valence-corrected chi connectivity index (χ2v) is 4.30. The van der Waals surface area contributed by atoms with Gasteiger partial charge in [-0.25, -0.2) is 4.79 Å². The fourth-order valence-corrected chi connectivity index (χ4v) is 1.48. The van der Waals surface area contributed by atoms with Crippen LogP contribution in [0.25, 0.3) is 0 Å². The lowest BCUT2D eigenvalue weighted by Gasteiger charge is -1.95. The number of rotatable bonds is 3. The molecule has 0 saturated carbocycles. The Morgan fingerprint density at radius 3 is 1.85 bits per heavy atom. The SMILES string of the molecule is O=C(O)Cc1ccc(Cl)cc1.O=C(O)c1ccccc1. The minimum atomic E-state index is -0.879. The summed E-state index contributed by atoms with van der Waals surface area (Å²) in [4.78, 5) is 20.4. The number of carboxylic acid groups (broad SMARTS) is 2. The van der Waals surface area contributed by atoms with Gasteiger partial charge < -0.3 is 10.2 Å². The second kappa shape index (κ2) is 7.96. The summed E-state index contributed by atoms with van der Waals surface area (Å²) in [5.41, 5.74) is 1.10. The zero-order valence-electron chi connectivity index (χ0n) is 10.5. The fourth-order valence-electron chi connectivity index (χ4n) is 1.36. The Morgan fingerprint density at radius 1 is 0.900 bits per heavy atom. The van der Waals surface area contributed by atoms with Crippen molar-refractivity contribution >= 4 is 23.5 Å². The largest absolute Gasteiger partial charge is 0.481 e. The molecule has 2 N–H and O–H groups in total. The Balaban J connectivity index is 0.000000204. The number of halogens is 1. The molecule has 0 aromatic heterocycles. The van der Waals surface area contributed by atoms with Crippen molar-refractivity contribution in [2.45, 2.75) is 6.42 Å². The minimum Gasteiger partial charge on any atom is -0.481 e. The molecule has 2 aromatic carbocycles. The van der Waals surface area contributed by atoms with E-state index in [2.05, 4.69) is 0 Å². The van der Waals surface area contributed by atoms with Crippen molar-refractivity contribution in [1.82, 2.24) is 0 Å². The van der Waals surface area contributed by atoms with Crippen molar-refractivity contribution in [2.24, 2.45) is 0 Å². The van der Waals surface area contributed by atoms with Gasteiger partial charge in [0.2, 0.25) is 0 Å². The highest BCUT2D eigenvalue weighted by molar-refractivity contribution is 6.30. The van der Waals surface area contributed by atoms with Crippen LogP contribution in [-0.2, 0) is 11.2 Å². The van der Waals surface area contributed by atoms with Crippen LogP contribution < -0.4 is 0 Å². The monoisotopic (exact) mass is 292 g/mol. The van der Waals surface area contributed by atoms with Gasteiger partial charge in [-0.2, -0.15) is 0 Å². The first-order valence-corrected chi connectivity index (χ1v) is 6.11. The van der Waals surface area contributed by atoms with E-state index in [1.165, 1.54) is 0 Å². The van der Waals surface area contributed by atoms with Gasteiger partial charge in [0.05, 0.1) is 12.0 Å². The molecule has 4 nitrogen and oxygen atoms in total. The average Bonchev–Trinajstić information content (AvgIpc) is 2.43. The molecule has 0 atom stereocenters. The van der Waals surface area contributed by atoms with E-state index in [0.717, 1.165) is 5.56 Å². The molecule has 0 spiro atoms. The highest BCUT2D eigenvalue weighted by atomic mass is 35.5. The lowest BCUT2D eigenvalue weighted by atomic mass is 10.2. The maximum atomic E-state index is 10.2. The Labute approximate surface area is 121 Å². The highest BCUT2D eigenvalue weighted by Crippen LogP contribution is 2.09. The van der Waals surface area contributed by atoms with E-state index < -0.39 is 11.9 Å². The molecule has 0 radical (unpaired) electrons. The summed E-state index contributed by atoms with van der Waals surface area (Å²) >= 11 is 5.60. The average molecular weight is 293 g/mol. The van der Waals surface area contributed by atoms with Gasteiger partial charge >= 0.3 is 11.9 Å². The van der Waals surface area contributed by atoms with Gasteiger partial charge in [-0.1, -0.05) is 41.9 Å². The zero-order valence-corrected chi connectivity index (χ0v) is 11.2. The molecule has 20 heavy (non-hydrogen) atoms. The molecule has 2 aromatic rings. The summed E-state index contributed by atoms with van der Waals surface area (Å²) in [5.74, 6) is -1.71. The summed E-state index contributed by atoms with van der Waals surface area (Å²) < 4.78 is 0. The van der Waals surface area contributed by atoms with Crippen molar-refractivity contribution in [2.75, 3.05) is 0 Å². The van der Waals surface area contributed by atoms with Gasteiger partial charge in [-0.15, -0.1) is 0 Å². The molecular weight excluding hydrogens is 280 g/mol. The summed E-state index contributed by atoms with van der Waals surface area (Å²) in [6, 6.07) is 15.1. The van der Waals surface area contributed by atoms with Gasteiger partial charge in [0.1, 0.15) is 0 Å². The van der Waals surface area contributed by atoms with Crippen LogP contribution in [0.3, 0.4) is 0 Å². The van der Waals surface area contributed by atoms with E-state index in [-0.39, 0.29) is 6.42 Å². The molecule has 5 heteroatoms. The lowest BCUT2D eigenvalue weighted by Crippen LogP contribution is -1.99.